The summed E-state index contributed by atoms with van der Waals surface area (Å²) < 4.78 is 13.6. The van der Waals surface area contributed by atoms with Gasteiger partial charge in [0.15, 0.2) is 20.2 Å². The number of hydrogen-bond acceptors (Lipinski definition) is 6. The SMILES string of the molecule is CC(C)(C)[Si](C)(C)OC[C@@H]1C[C@@H](O)[C@H](n2ncc3c(=O)[nH]cnc32)O1. The number of aromatic amines is 1. The second-order valence-electron chi connectivity index (χ2n) is 8.08. The molecule has 0 aromatic carbocycles. The fourth-order valence-corrected chi connectivity index (χ4v) is 3.67. The lowest BCUT2D eigenvalue weighted by Crippen LogP contribution is -2.42. The summed E-state index contributed by atoms with van der Waals surface area (Å²) in [6.45, 7) is 11.4. The van der Waals surface area contributed by atoms with Crippen molar-refractivity contribution in [2.45, 2.75) is 63.8 Å². The average molecular weight is 366 g/mol. The molecule has 0 amide bonds. The smallest absolute Gasteiger partial charge is 0.261 e. The Bertz CT molecular complexity index is 810. The molecule has 1 aliphatic heterocycles. The number of aliphatic hydroxyl groups excluding tert-OH is 1. The van der Waals surface area contributed by atoms with Crippen LogP contribution in [0.4, 0.5) is 0 Å². The van der Waals surface area contributed by atoms with Crippen LogP contribution < -0.4 is 5.56 Å². The molecule has 1 aliphatic rings. The first-order valence-electron chi connectivity index (χ1n) is 8.48. The van der Waals surface area contributed by atoms with Crippen LogP contribution in [0.5, 0.6) is 0 Å². The van der Waals surface area contributed by atoms with E-state index in [0.717, 1.165) is 0 Å². The molecule has 138 valence electrons. The van der Waals surface area contributed by atoms with Gasteiger partial charge in [0.2, 0.25) is 0 Å². The lowest BCUT2D eigenvalue weighted by molar-refractivity contribution is -0.0533. The molecule has 0 saturated carbocycles. The Labute approximate surface area is 147 Å². The standard InChI is InChI=1S/C16H26N4O4Si/c1-16(2,3)25(4,5)23-8-10-6-12(21)15(24-10)20-13-11(7-19-20)14(22)18-9-17-13/h7,9-10,12,15,21H,6,8H2,1-5H3,(H,17,18,22)/t10-,12+,15+/m0/s1. The summed E-state index contributed by atoms with van der Waals surface area (Å²) in [4.78, 5) is 18.5. The van der Waals surface area contributed by atoms with Gasteiger partial charge in [-0.25, -0.2) is 9.67 Å². The highest BCUT2D eigenvalue weighted by molar-refractivity contribution is 6.74. The fraction of sp³-hybridized carbons (Fsp3) is 0.688. The third-order valence-corrected chi connectivity index (χ3v) is 9.74. The van der Waals surface area contributed by atoms with E-state index >= 15 is 0 Å². The zero-order valence-corrected chi connectivity index (χ0v) is 16.3. The number of nitrogens with zero attached hydrogens (tertiary/aromatic N) is 3. The molecule has 1 saturated heterocycles. The summed E-state index contributed by atoms with van der Waals surface area (Å²) in [5.41, 5.74) is 0.139. The number of H-pyrrole nitrogens is 1. The molecule has 8 nitrogen and oxygen atoms in total. The van der Waals surface area contributed by atoms with Crippen LogP contribution in [0.1, 0.15) is 33.4 Å². The van der Waals surface area contributed by atoms with Crippen molar-refractivity contribution in [2.75, 3.05) is 6.61 Å². The van der Waals surface area contributed by atoms with Crippen LogP contribution >= 0.6 is 0 Å². The highest BCUT2D eigenvalue weighted by atomic mass is 28.4. The van der Waals surface area contributed by atoms with E-state index < -0.39 is 20.6 Å². The van der Waals surface area contributed by atoms with Crippen LogP contribution in [0.3, 0.4) is 0 Å². The summed E-state index contributed by atoms with van der Waals surface area (Å²) in [5, 5.41) is 15.1. The van der Waals surface area contributed by atoms with Gasteiger partial charge in [-0.3, -0.25) is 4.79 Å². The van der Waals surface area contributed by atoms with Gasteiger partial charge in [0.05, 0.1) is 25.2 Å². The number of aliphatic hydroxyl groups is 1. The normalized spacial score (nSPS) is 25.0. The van der Waals surface area contributed by atoms with Crippen molar-refractivity contribution in [1.29, 1.82) is 0 Å². The zero-order valence-electron chi connectivity index (χ0n) is 15.3. The molecular formula is C16H26N4O4Si. The predicted molar refractivity (Wildman–Crippen MR) is 95.8 cm³/mol. The van der Waals surface area contributed by atoms with E-state index in [9.17, 15) is 9.90 Å². The van der Waals surface area contributed by atoms with Gasteiger partial charge in [-0.05, 0) is 18.1 Å². The van der Waals surface area contributed by atoms with Crippen LogP contribution in [0.15, 0.2) is 17.3 Å². The topological polar surface area (TPSA) is 102 Å². The fourth-order valence-electron chi connectivity index (χ4n) is 2.64. The van der Waals surface area contributed by atoms with Gasteiger partial charge in [-0.15, -0.1) is 0 Å². The monoisotopic (exact) mass is 366 g/mol. The van der Waals surface area contributed by atoms with Crippen molar-refractivity contribution in [3.8, 4) is 0 Å². The molecule has 0 spiro atoms. The maximum absolute atomic E-state index is 11.8. The molecule has 0 aliphatic carbocycles. The molecule has 2 N–H and O–H groups in total. The average Bonchev–Trinajstić information content (AvgIpc) is 3.08. The van der Waals surface area contributed by atoms with E-state index in [4.69, 9.17) is 9.16 Å². The third kappa shape index (κ3) is 3.41. The molecule has 9 heteroatoms. The molecule has 2 aromatic heterocycles. The van der Waals surface area contributed by atoms with E-state index in [2.05, 4.69) is 48.9 Å². The first-order chi connectivity index (χ1) is 11.6. The molecule has 3 heterocycles. The predicted octanol–water partition coefficient (Wildman–Crippen LogP) is 1.79. The lowest BCUT2D eigenvalue weighted by atomic mass is 10.2. The molecule has 2 aromatic rings. The number of hydrogen-bond donors (Lipinski definition) is 2. The van der Waals surface area contributed by atoms with Crippen molar-refractivity contribution >= 4 is 19.4 Å². The molecule has 1 fully saturated rings. The number of rotatable bonds is 4. The largest absolute Gasteiger partial charge is 0.414 e. The summed E-state index contributed by atoms with van der Waals surface area (Å²) in [6.07, 6.45) is 1.62. The molecule has 3 atom stereocenters. The van der Waals surface area contributed by atoms with Crippen molar-refractivity contribution in [3.63, 3.8) is 0 Å². The number of ether oxygens (including phenoxy) is 1. The highest BCUT2D eigenvalue weighted by Crippen LogP contribution is 2.38. The van der Waals surface area contributed by atoms with Crippen molar-refractivity contribution < 1.29 is 14.3 Å². The zero-order chi connectivity index (χ0) is 18.4. The minimum Gasteiger partial charge on any atom is -0.414 e. The Balaban J connectivity index is 1.73. The number of fused-ring (bicyclic) bond motifs is 1. The van der Waals surface area contributed by atoms with Crippen LogP contribution in [0.25, 0.3) is 11.0 Å². The molecular weight excluding hydrogens is 340 g/mol. The van der Waals surface area contributed by atoms with Crippen LogP contribution in [0, 0.1) is 0 Å². The molecule has 25 heavy (non-hydrogen) atoms. The van der Waals surface area contributed by atoms with Crippen molar-refractivity contribution in [1.82, 2.24) is 19.7 Å². The third-order valence-electron chi connectivity index (χ3n) is 5.24. The molecule has 0 radical (unpaired) electrons. The minimum absolute atomic E-state index is 0.118. The second-order valence-corrected chi connectivity index (χ2v) is 12.9. The van der Waals surface area contributed by atoms with Gasteiger partial charge in [0.25, 0.3) is 5.56 Å². The summed E-state index contributed by atoms with van der Waals surface area (Å²) >= 11 is 0. The maximum Gasteiger partial charge on any atom is 0.261 e. The quantitative estimate of drug-likeness (QED) is 0.800. The lowest BCUT2D eigenvalue weighted by Gasteiger charge is -2.36. The summed E-state index contributed by atoms with van der Waals surface area (Å²) in [7, 11) is -1.88. The maximum atomic E-state index is 11.8. The Morgan fingerprint density at radius 1 is 1.48 bits per heavy atom. The van der Waals surface area contributed by atoms with Gasteiger partial charge >= 0.3 is 0 Å². The molecule has 0 unspecified atom stereocenters. The van der Waals surface area contributed by atoms with E-state index in [-0.39, 0.29) is 16.7 Å². The van der Waals surface area contributed by atoms with E-state index in [1.807, 2.05) is 0 Å². The summed E-state index contributed by atoms with van der Waals surface area (Å²) in [6, 6.07) is 0. The first-order valence-corrected chi connectivity index (χ1v) is 11.4. The van der Waals surface area contributed by atoms with Gasteiger partial charge in [-0.1, -0.05) is 20.8 Å². The van der Waals surface area contributed by atoms with Crippen LogP contribution in [-0.4, -0.2) is 52.0 Å². The summed E-state index contributed by atoms with van der Waals surface area (Å²) in [5.74, 6) is 0. The van der Waals surface area contributed by atoms with E-state index in [1.165, 1.54) is 17.2 Å². The van der Waals surface area contributed by atoms with Crippen molar-refractivity contribution in [2.24, 2.45) is 0 Å². The second kappa shape index (κ2) is 6.31. The Morgan fingerprint density at radius 3 is 2.88 bits per heavy atom. The Kier molecular flexibility index (Phi) is 4.61. The Hall–Kier alpha value is -1.55. The number of nitrogens with one attached hydrogen (secondary N) is 1. The highest BCUT2D eigenvalue weighted by Gasteiger charge is 2.41. The number of aromatic nitrogens is 4. The molecule has 3 rings (SSSR count). The van der Waals surface area contributed by atoms with Gasteiger partial charge in [0.1, 0.15) is 11.5 Å². The van der Waals surface area contributed by atoms with E-state index in [0.29, 0.717) is 24.1 Å². The van der Waals surface area contributed by atoms with Gasteiger partial charge in [0, 0.05) is 6.42 Å². The van der Waals surface area contributed by atoms with Crippen LogP contribution in [-0.2, 0) is 9.16 Å². The van der Waals surface area contributed by atoms with Gasteiger partial charge in [-0.2, -0.15) is 5.10 Å². The molecule has 0 bridgehead atoms. The Morgan fingerprint density at radius 2 is 2.20 bits per heavy atom. The van der Waals surface area contributed by atoms with Crippen molar-refractivity contribution in [3.05, 3.63) is 22.9 Å². The van der Waals surface area contributed by atoms with Gasteiger partial charge < -0.3 is 19.3 Å². The van der Waals surface area contributed by atoms with Crippen LogP contribution in [0.2, 0.25) is 18.1 Å². The minimum atomic E-state index is -1.88. The first kappa shape index (κ1) is 18.2. The van der Waals surface area contributed by atoms with E-state index in [1.54, 1.807) is 0 Å².